The van der Waals surface area contributed by atoms with Crippen molar-refractivity contribution in [2.24, 2.45) is 0 Å². The van der Waals surface area contributed by atoms with E-state index >= 15 is 0 Å². The lowest BCUT2D eigenvalue weighted by Crippen LogP contribution is -2.13. The number of hydrogen-bond acceptors (Lipinski definition) is 2. The standard InChI is InChI=1S/C12H14BrClO2/c1-6(15)7-5-8(12(2,3)4)10(14)9(13)11(7)16/h5,16H,1-4H3. The molecule has 0 heterocycles. The first-order chi connectivity index (χ1) is 7.16. The van der Waals surface area contributed by atoms with E-state index in [0.29, 0.717) is 15.1 Å². The number of phenolic OH excluding ortho intramolecular Hbond substituents is 1. The normalized spacial score (nSPS) is 11.6. The number of carbonyl (C=O) groups excluding carboxylic acids is 1. The van der Waals surface area contributed by atoms with Crippen LogP contribution in [0.2, 0.25) is 5.02 Å². The molecule has 0 aromatic heterocycles. The number of phenols is 1. The molecule has 0 aliphatic carbocycles. The molecule has 1 aromatic rings. The molecular formula is C12H14BrClO2. The van der Waals surface area contributed by atoms with E-state index in [2.05, 4.69) is 15.9 Å². The highest BCUT2D eigenvalue weighted by molar-refractivity contribution is 9.10. The van der Waals surface area contributed by atoms with Crippen LogP contribution in [0.1, 0.15) is 43.6 Å². The fraction of sp³-hybridized carbons (Fsp3) is 0.417. The van der Waals surface area contributed by atoms with Crippen LogP contribution < -0.4 is 0 Å². The number of ketones is 1. The van der Waals surface area contributed by atoms with Gasteiger partial charge in [0.15, 0.2) is 5.78 Å². The Labute approximate surface area is 109 Å². The zero-order chi connectivity index (χ0) is 12.7. The average Bonchev–Trinajstić information content (AvgIpc) is 2.11. The van der Waals surface area contributed by atoms with Crippen molar-refractivity contribution in [1.82, 2.24) is 0 Å². The maximum Gasteiger partial charge on any atom is 0.163 e. The molecule has 16 heavy (non-hydrogen) atoms. The number of benzene rings is 1. The van der Waals surface area contributed by atoms with Gasteiger partial charge in [-0.15, -0.1) is 0 Å². The molecule has 0 radical (unpaired) electrons. The molecular weight excluding hydrogens is 291 g/mol. The van der Waals surface area contributed by atoms with Gasteiger partial charge in [-0.05, 0) is 39.9 Å². The van der Waals surface area contributed by atoms with Gasteiger partial charge >= 0.3 is 0 Å². The van der Waals surface area contributed by atoms with E-state index in [1.54, 1.807) is 6.07 Å². The van der Waals surface area contributed by atoms with Gasteiger partial charge in [-0.2, -0.15) is 0 Å². The van der Waals surface area contributed by atoms with Crippen LogP contribution in [0, 0.1) is 0 Å². The minimum Gasteiger partial charge on any atom is -0.506 e. The zero-order valence-corrected chi connectivity index (χ0v) is 12.0. The predicted molar refractivity (Wildman–Crippen MR) is 69.5 cm³/mol. The molecule has 0 unspecified atom stereocenters. The van der Waals surface area contributed by atoms with Gasteiger partial charge in [0.05, 0.1) is 15.1 Å². The van der Waals surface area contributed by atoms with Crippen LogP contribution in [-0.4, -0.2) is 10.9 Å². The number of carbonyl (C=O) groups is 1. The minimum absolute atomic E-state index is 0.0921. The van der Waals surface area contributed by atoms with E-state index in [-0.39, 0.29) is 16.9 Å². The summed E-state index contributed by atoms with van der Waals surface area (Å²) in [6.07, 6.45) is 0. The molecule has 1 aromatic carbocycles. The second-order valence-electron chi connectivity index (χ2n) is 4.75. The Morgan fingerprint density at radius 3 is 2.31 bits per heavy atom. The van der Waals surface area contributed by atoms with E-state index in [1.165, 1.54) is 6.92 Å². The summed E-state index contributed by atoms with van der Waals surface area (Å²) in [5.41, 5.74) is 0.947. The summed E-state index contributed by atoms with van der Waals surface area (Å²) in [6.45, 7) is 7.42. The Kier molecular flexibility index (Phi) is 3.70. The van der Waals surface area contributed by atoms with Crippen molar-refractivity contribution >= 4 is 33.3 Å². The molecule has 0 fully saturated rings. The fourth-order valence-corrected chi connectivity index (χ4v) is 2.29. The molecule has 0 spiro atoms. The van der Waals surface area contributed by atoms with Crippen LogP contribution >= 0.6 is 27.5 Å². The molecule has 2 nitrogen and oxygen atoms in total. The highest BCUT2D eigenvalue weighted by atomic mass is 79.9. The van der Waals surface area contributed by atoms with Crippen LogP contribution in [0.25, 0.3) is 0 Å². The Morgan fingerprint density at radius 1 is 1.44 bits per heavy atom. The number of Topliss-reactive ketones (excluding diaryl/α,β-unsaturated/α-hetero) is 1. The zero-order valence-electron chi connectivity index (χ0n) is 9.69. The largest absolute Gasteiger partial charge is 0.506 e. The smallest absolute Gasteiger partial charge is 0.163 e. The number of aromatic hydroxyl groups is 1. The maximum absolute atomic E-state index is 11.4. The van der Waals surface area contributed by atoms with E-state index in [9.17, 15) is 9.90 Å². The molecule has 0 aliphatic heterocycles. The predicted octanol–water partition coefficient (Wildman–Crippen LogP) is 4.31. The summed E-state index contributed by atoms with van der Waals surface area (Å²) < 4.78 is 0.381. The molecule has 1 N–H and O–H groups in total. The van der Waals surface area contributed by atoms with Crippen molar-refractivity contribution in [2.45, 2.75) is 33.1 Å². The lowest BCUT2D eigenvalue weighted by atomic mass is 9.85. The van der Waals surface area contributed by atoms with Crippen molar-refractivity contribution in [1.29, 1.82) is 0 Å². The van der Waals surface area contributed by atoms with Crippen LogP contribution in [0.5, 0.6) is 5.75 Å². The van der Waals surface area contributed by atoms with Crippen LogP contribution in [0.3, 0.4) is 0 Å². The Balaban J connectivity index is 3.61. The topological polar surface area (TPSA) is 37.3 Å². The monoisotopic (exact) mass is 304 g/mol. The first kappa shape index (κ1) is 13.5. The lowest BCUT2D eigenvalue weighted by molar-refractivity contribution is 0.101. The van der Waals surface area contributed by atoms with Gasteiger partial charge in [-0.1, -0.05) is 32.4 Å². The number of halogens is 2. The summed E-state index contributed by atoms with van der Waals surface area (Å²) in [4.78, 5) is 11.4. The van der Waals surface area contributed by atoms with Gasteiger partial charge in [0.25, 0.3) is 0 Å². The highest BCUT2D eigenvalue weighted by Crippen LogP contribution is 2.41. The van der Waals surface area contributed by atoms with Gasteiger partial charge in [-0.25, -0.2) is 0 Å². The molecule has 4 heteroatoms. The lowest BCUT2D eigenvalue weighted by Gasteiger charge is -2.22. The molecule has 0 aliphatic rings. The first-order valence-corrected chi connectivity index (χ1v) is 6.05. The maximum atomic E-state index is 11.4. The van der Waals surface area contributed by atoms with E-state index in [0.717, 1.165) is 5.56 Å². The second kappa shape index (κ2) is 4.38. The summed E-state index contributed by atoms with van der Waals surface area (Å²) in [6, 6.07) is 1.66. The quantitative estimate of drug-likeness (QED) is 0.785. The van der Waals surface area contributed by atoms with Gasteiger partial charge < -0.3 is 5.11 Å². The van der Waals surface area contributed by atoms with Gasteiger partial charge in [0, 0.05) is 0 Å². The minimum atomic E-state index is -0.183. The SMILES string of the molecule is CC(=O)c1cc(C(C)(C)C)c(Cl)c(Br)c1O. The average molecular weight is 306 g/mol. The highest BCUT2D eigenvalue weighted by Gasteiger charge is 2.24. The van der Waals surface area contributed by atoms with Gasteiger partial charge in [0.2, 0.25) is 0 Å². The van der Waals surface area contributed by atoms with E-state index < -0.39 is 0 Å². The van der Waals surface area contributed by atoms with Crippen LogP contribution in [-0.2, 0) is 5.41 Å². The Bertz CT molecular complexity index is 447. The molecule has 0 saturated carbocycles. The van der Waals surface area contributed by atoms with Gasteiger partial charge in [-0.3, -0.25) is 4.79 Å². The summed E-state index contributed by atoms with van der Waals surface area (Å²) in [5.74, 6) is -0.272. The Morgan fingerprint density at radius 2 is 1.94 bits per heavy atom. The van der Waals surface area contributed by atoms with Crippen molar-refractivity contribution in [3.8, 4) is 5.75 Å². The Hall–Kier alpha value is -0.540. The molecule has 1 rings (SSSR count). The third-order valence-electron chi connectivity index (χ3n) is 2.37. The summed E-state index contributed by atoms with van der Waals surface area (Å²) in [7, 11) is 0. The number of rotatable bonds is 1. The van der Waals surface area contributed by atoms with Crippen molar-refractivity contribution in [3.63, 3.8) is 0 Å². The molecule has 0 saturated heterocycles. The van der Waals surface area contributed by atoms with E-state index in [4.69, 9.17) is 11.6 Å². The summed E-state index contributed by atoms with van der Waals surface area (Å²) >= 11 is 9.35. The first-order valence-electron chi connectivity index (χ1n) is 4.88. The summed E-state index contributed by atoms with van der Waals surface area (Å²) in [5, 5.41) is 10.2. The van der Waals surface area contributed by atoms with Crippen LogP contribution in [0.15, 0.2) is 10.5 Å². The molecule has 0 bridgehead atoms. The molecule has 88 valence electrons. The third kappa shape index (κ3) is 2.41. The molecule has 0 amide bonds. The fourth-order valence-electron chi connectivity index (χ4n) is 1.43. The second-order valence-corrected chi connectivity index (χ2v) is 5.93. The molecule has 0 atom stereocenters. The third-order valence-corrected chi connectivity index (χ3v) is 3.76. The van der Waals surface area contributed by atoms with Crippen molar-refractivity contribution in [3.05, 3.63) is 26.7 Å². The van der Waals surface area contributed by atoms with Crippen molar-refractivity contribution < 1.29 is 9.90 Å². The number of hydrogen-bond donors (Lipinski definition) is 1. The van der Waals surface area contributed by atoms with Crippen molar-refractivity contribution in [2.75, 3.05) is 0 Å². The van der Waals surface area contributed by atoms with Crippen LogP contribution in [0.4, 0.5) is 0 Å². The van der Waals surface area contributed by atoms with E-state index in [1.807, 2.05) is 20.8 Å². The van der Waals surface area contributed by atoms with Gasteiger partial charge in [0.1, 0.15) is 5.75 Å².